The second-order valence-electron chi connectivity index (χ2n) is 8.31. The van der Waals surface area contributed by atoms with Crippen molar-refractivity contribution >= 4 is 21.8 Å². The van der Waals surface area contributed by atoms with E-state index < -0.39 is 15.3 Å². The lowest BCUT2D eigenvalue weighted by atomic mass is 9.95. The quantitative estimate of drug-likeness (QED) is 0.721. The fraction of sp³-hybridized carbons (Fsp3) is 0.545. The molecule has 3 rings (SSSR count). The highest BCUT2D eigenvalue weighted by Gasteiger charge is 2.43. The summed E-state index contributed by atoms with van der Waals surface area (Å²) in [5.41, 5.74) is 0.629. The lowest BCUT2D eigenvalue weighted by molar-refractivity contribution is -0.117. The van der Waals surface area contributed by atoms with Crippen LogP contribution in [-0.4, -0.2) is 65.9 Å². The zero-order valence-electron chi connectivity index (χ0n) is 17.7. The standard InChI is InChI=1S/C22H31N3O4S/c1-4-21(26)23-19-14-16(2)25(17(3)15-19)30(28,29)20-10-12-24(13-11-20)22(27)18-8-6-5-7-9-18/h4-9,16-17,19-20H,1,10-15H2,2-3H3,(H,23,26). The first kappa shape index (κ1) is 22.5. The van der Waals surface area contributed by atoms with Crippen molar-refractivity contribution in [2.24, 2.45) is 0 Å². The third-order valence-electron chi connectivity index (χ3n) is 6.12. The molecule has 2 saturated heterocycles. The lowest BCUT2D eigenvalue weighted by Crippen LogP contribution is -2.57. The first-order chi connectivity index (χ1) is 14.2. The maximum Gasteiger partial charge on any atom is 0.253 e. The number of amides is 2. The lowest BCUT2D eigenvalue weighted by Gasteiger charge is -2.44. The summed E-state index contributed by atoms with van der Waals surface area (Å²) < 4.78 is 28.5. The van der Waals surface area contributed by atoms with Gasteiger partial charge in [-0.3, -0.25) is 9.59 Å². The smallest absolute Gasteiger partial charge is 0.253 e. The molecule has 2 heterocycles. The summed E-state index contributed by atoms with van der Waals surface area (Å²) in [7, 11) is -3.49. The maximum absolute atomic E-state index is 13.4. The molecule has 1 N–H and O–H groups in total. The maximum atomic E-state index is 13.4. The molecule has 8 heteroatoms. The Labute approximate surface area is 179 Å². The second-order valence-corrected chi connectivity index (χ2v) is 10.4. The molecule has 1 aromatic rings. The van der Waals surface area contributed by atoms with Crippen molar-refractivity contribution in [1.82, 2.24) is 14.5 Å². The Morgan fingerprint density at radius 3 is 2.17 bits per heavy atom. The number of piperidine rings is 2. The van der Waals surface area contributed by atoms with Crippen LogP contribution < -0.4 is 5.32 Å². The van der Waals surface area contributed by atoms with Gasteiger partial charge in [-0.05, 0) is 57.7 Å². The number of carbonyl (C=O) groups is 2. The molecule has 2 fully saturated rings. The molecule has 1 aromatic carbocycles. The molecule has 2 aliphatic rings. The summed E-state index contributed by atoms with van der Waals surface area (Å²) in [4.78, 5) is 26.0. The fourth-order valence-electron chi connectivity index (χ4n) is 4.73. The van der Waals surface area contributed by atoms with E-state index in [1.54, 1.807) is 21.3 Å². The highest BCUT2D eigenvalue weighted by atomic mass is 32.2. The zero-order valence-corrected chi connectivity index (χ0v) is 18.5. The summed E-state index contributed by atoms with van der Waals surface area (Å²) in [5, 5.41) is 2.41. The van der Waals surface area contributed by atoms with Gasteiger partial charge < -0.3 is 10.2 Å². The first-order valence-electron chi connectivity index (χ1n) is 10.5. The predicted octanol–water partition coefficient (Wildman–Crippen LogP) is 2.16. The monoisotopic (exact) mass is 433 g/mol. The van der Waals surface area contributed by atoms with E-state index in [1.165, 1.54) is 6.08 Å². The van der Waals surface area contributed by atoms with Crippen LogP contribution in [0.15, 0.2) is 43.0 Å². The van der Waals surface area contributed by atoms with E-state index >= 15 is 0 Å². The minimum absolute atomic E-state index is 0.0491. The van der Waals surface area contributed by atoms with Crippen LogP contribution in [0.3, 0.4) is 0 Å². The number of hydrogen-bond acceptors (Lipinski definition) is 4. The van der Waals surface area contributed by atoms with Crippen molar-refractivity contribution in [3.63, 3.8) is 0 Å². The summed E-state index contributed by atoms with van der Waals surface area (Å²) in [6.07, 6.45) is 3.27. The summed E-state index contributed by atoms with van der Waals surface area (Å²) in [5.74, 6) is -0.280. The van der Waals surface area contributed by atoms with Gasteiger partial charge in [0.05, 0.1) is 5.25 Å². The van der Waals surface area contributed by atoms with E-state index in [-0.39, 0.29) is 29.9 Å². The Bertz CT molecular complexity index is 867. The SMILES string of the molecule is C=CC(=O)NC1CC(C)N(S(=O)(=O)C2CCN(C(=O)c3ccccc3)CC2)C(C)C1. The Morgan fingerprint density at radius 1 is 1.07 bits per heavy atom. The summed E-state index contributed by atoms with van der Waals surface area (Å²) in [6.45, 7) is 8.14. The summed E-state index contributed by atoms with van der Waals surface area (Å²) in [6, 6.07) is 8.63. The first-order valence-corrected chi connectivity index (χ1v) is 12.0. The Kier molecular flexibility index (Phi) is 6.98. The molecule has 0 spiro atoms. The van der Waals surface area contributed by atoms with Gasteiger partial charge in [-0.25, -0.2) is 8.42 Å². The average Bonchev–Trinajstić information content (AvgIpc) is 2.73. The average molecular weight is 434 g/mol. The number of nitrogens with one attached hydrogen (secondary N) is 1. The largest absolute Gasteiger partial charge is 0.350 e. The van der Waals surface area contributed by atoms with Crippen molar-refractivity contribution in [2.45, 2.75) is 62.9 Å². The molecule has 0 bridgehead atoms. The molecule has 2 aliphatic heterocycles. The van der Waals surface area contributed by atoms with Crippen LogP contribution in [0.5, 0.6) is 0 Å². The van der Waals surface area contributed by atoms with E-state index in [0.717, 1.165) is 0 Å². The van der Waals surface area contributed by atoms with E-state index in [9.17, 15) is 18.0 Å². The van der Waals surface area contributed by atoms with Gasteiger partial charge in [0.1, 0.15) is 0 Å². The fourth-order valence-corrected chi connectivity index (χ4v) is 7.06. The minimum atomic E-state index is -3.49. The van der Waals surface area contributed by atoms with E-state index in [4.69, 9.17) is 0 Å². The minimum Gasteiger partial charge on any atom is -0.350 e. The molecule has 0 saturated carbocycles. The number of rotatable bonds is 5. The van der Waals surface area contributed by atoms with Crippen LogP contribution in [0.1, 0.15) is 49.9 Å². The van der Waals surface area contributed by atoms with Crippen LogP contribution in [-0.2, 0) is 14.8 Å². The normalized spacial score (nSPS) is 26.2. The van der Waals surface area contributed by atoms with Crippen LogP contribution in [0.2, 0.25) is 0 Å². The molecular formula is C22H31N3O4S. The molecule has 2 unspecified atom stereocenters. The second kappa shape index (κ2) is 9.31. The number of hydrogen-bond donors (Lipinski definition) is 1. The number of nitrogens with zero attached hydrogens (tertiary/aromatic N) is 2. The Balaban J connectivity index is 1.63. The third kappa shape index (κ3) is 4.75. The van der Waals surface area contributed by atoms with Crippen molar-refractivity contribution in [3.05, 3.63) is 48.6 Å². The molecule has 0 radical (unpaired) electrons. The topological polar surface area (TPSA) is 86.8 Å². The molecule has 2 atom stereocenters. The van der Waals surface area contributed by atoms with Crippen LogP contribution in [0, 0.1) is 0 Å². The van der Waals surface area contributed by atoms with Gasteiger partial charge in [-0.2, -0.15) is 4.31 Å². The van der Waals surface area contributed by atoms with E-state index in [0.29, 0.717) is 44.3 Å². The zero-order chi connectivity index (χ0) is 21.9. The molecule has 0 aliphatic carbocycles. The van der Waals surface area contributed by atoms with Gasteiger partial charge in [0.25, 0.3) is 5.91 Å². The highest BCUT2D eigenvalue weighted by molar-refractivity contribution is 7.89. The van der Waals surface area contributed by atoms with E-state index in [1.807, 2.05) is 32.0 Å². The van der Waals surface area contributed by atoms with Crippen LogP contribution >= 0.6 is 0 Å². The van der Waals surface area contributed by atoms with Gasteiger partial charge in [0.15, 0.2) is 0 Å². The molecule has 7 nitrogen and oxygen atoms in total. The Morgan fingerprint density at radius 2 is 1.63 bits per heavy atom. The highest BCUT2D eigenvalue weighted by Crippen LogP contribution is 2.31. The molecular weight excluding hydrogens is 402 g/mol. The van der Waals surface area contributed by atoms with Gasteiger partial charge in [0, 0.05) is 36.8 Å². The molecule has 0 aromatic heterocycles. The van der Waals surface area contributed by atoms with Crippen molar-refractivity contribution < 1.29 is 18.0 Å². The van der Waals surface area contributed by atoms with Crippen molar-refractivity contribution in [3.8, 4) is 0 Å². The number of carbonyl (C=O) groups excluding carboxylic acids is 2. The van der Waals surface area contributed by atoms with Crippen LogP contribution in [0.25, 0.3) is 0 Å². The van der Waals surface area contributed by atoms with Gasteiger partial charge >= 0.3 is 0 Å². The predicted molar refractivity (Wildman–Crippen MR) is 116 cm³/mol. The summed E-state index contributed by atoms with van der Waals surface area (Å²) >= 11 is 0. The third-order valence-corrected chi connectivity index (χ3v) is 8.74. The number of sulfonamides is 1. The molecule has 30 heavy (non-hydrogen) atoms. The Hall–Kier alpha value is -2.19. The van der Waals surface area contributed by atoms with Crippen molar-refractivity contribution in [2.75, 3.05) is 13.1 Å². The van der Waals surface area contributed by atoms with Crippen LogP contribution in [0.4, 0.5) is 0 Å². The van der Waals surface area contributed by atoms with Gasteiger partial charge in [0.2, 0.25) is 15.9 Å². The number of likely N-dealkylation sites (tertiary alicyclic amines) is 1. The van der Waals surface area contributed by atoms with E-state index in [2.05, 4.69) is 11.9 Å². The number of benzene rings is 1. The molecule has 2 amide bonds. The van der Waals surface area contributed by atoms with Gasteiger partial charge in [-0.1, -0.05) is 24.8 Å². The van der Waals surface area contributed by atoms with Gasteiger partial charge in [-0.15, -0.1) is 0 Å². The van der Waals surface area contributed by atoms with Crippen molar-refractivity contribution in [1.29, 1.82) is 0 Å². The molecule has 164 valence electrons.